The van der Waals surface area contributed by atoms with E-state index in [0.29, 0.717) is 17.1 Å². The number of methoxy groups -OCH3 is 2. The number of benzene rings is 2. The number of nitro benzene ring substituents is 1. The average Bonchev–Trinajstić information content (AvgIpc) is 2.59. The zero-order chi connectivity index (χ0) is 16.4. The molecule has 5 nitrogen and oxygen atoms in total. The van der Waals surface area contributed by atoms with Crippen LogP contribution in [-0.2, 0) is 6.42 Å². The van der Waals surface area contributed by atoms with Gasteiger partial charge in [-0.25, -0.2) is 0 Å². The number of ether oxygens (including phenoxy) is 2. The predicted molar refractivity (Wildman–Crippen MR) is 88.8 cm³/mol. The van der Waals surface area contributed by atoms with E-state index in [1.807, 2.05) is 24.3 Å². The third-order valence-corrected chi connectivity index (χ3v) is 4.09. The first-order valence-electron chi connectivity index (χ1n) is 7.33. The van der Waals surface area contributed by atoms with Gasteiger partial charge in [0.2, 0.25) is 0 Å². The second kappa shape index (κ2) is 6.12. The van der Waals surface area contributed by atoms with Gasteiger partial charge in [0.25, 0.3) is 5.69 Å². The highest BCUT2D eigenvalue weighted by molar-refractivity contribution is 5.88. The van der Waals surface area contributed by atoms with E-state index in [0.717, 1.165) is 24.0 Å². The standard InChI is InChI=1S/C18H17NO4/c1-22-17-10-15(16(19(20)21)11-18(17)23-2)14-8-7-12-5-3-4-6-13(12)9-14/h3-6,9-11H,7-8H2,1-2H3. The fourth-order valence-corrected chi connectivity index (χ4v) is 2.92. The molecule has 0 aliphatic heterocycles. The third kappa shape index (κ3) is 2.77. The molecule has 5 heteroatoms. The van der Waals surface area contributed by atoms with Crippen molar-refractivity contribution >= 4 is 17.3 Å². The van der Waals surface area contributed by atoms with E-state index >= 15 is 0 Å². The largest absolute Gasteiger partial charge is 0.493 e. The summed E-state index contributed by atoms with van der Waals surface area (Å²) in [6, 6.07) is 11.2. The molecule has 0 saturated heterocycles. The first kappa shape index (κ1) is 15.1. The second-order valence-electron chi connectivity index (χ2n) is 5.35. The van der Waals surface area contributed by atoms with Crippen LogP contribution in [0.4, 0.5) is 5.69 Å². The Morgan fingerprint density at radius 2 is 1.74 bits per heavy atom. The van der Waals surface area contributed by atoms with Gasteiger partial charge >= 0.3 is 0 Å². The first-order chi connectivity index (χ1) is 11.1. The van der Waals surface area contributed by atoms with E-state index in [1.54, 1.807) is 6.07 Å². The van der Waals surface area contributed by atoms with Crippen molar-refractivity contribution in [2.75, 3.05) is 14.2 Å². The van der Waals surface area contributed by atoms with Crippen molar-refractivity contribution in [3.63, 3.8) is 0 Å². The number of rotatable bonds is 4. The molecule has 0 N–H and O–H groups in total. The van der Waals surface area contributed by atoms with Gasteiger partial charge in [0.05, 0.1) is 30.8 Å². The topological polar surface area (TPSA) is 61.6 Å². The Kier molecular flexibility index (Phi) is 4.02. The summed E-state index contributed by atoms with van der Waals surface area (Å²) < 4.78 is 10.5. The Labute approximate surface area is 134 Å². The molecule has 0 radical (unpaired) electrons. The lowest BCUT2D eigenvalue weighted by atomic mass is 9.88. The van der Waals surface area contributed by atoms with E-state index in [-0.39, 0.29) is 10.6 Å². The highest BCUT2D eigenvalue weighted by Gasteiger charge is 2.23. The maximum Gasteiger partial charge on any atom is 0.280 e. The zero-order valence-corrected chi connectivity index (χ0v) is 13.0. The summed E-state index contributed by atoms with van der Waals surface area (Å²) in [6.07, 6.45) is 3.65. The Hall–Kier alpha value is -2.82. The van der Waals surface area contributed by atoms with Gasteiger partial charge in [0.1, 0.15) is 0 Å². The van der Waals surface area contributed by atoms with Crippen LogP contribution in [0, 0.1) is 10.1 Å². The molecule has 0 fully saturated rings. The van der Waals surface area contributed by atoms with Crippen LogP contribution in [0.1, 0.15) is 23.1 Å². The number of hydrogen-bond donors (Lipinski definition) is 0. The monoisotopic (exact) mass is 311 g/mol. The molecule has 118 valence electrons. The number of nitro groups is 1. The van der Waals surface area contributed by atoms with Crippen molar-refractivity contribution in [2.45, 2.75) is 12.8 Å². The first-order valence-corrected chi connectivity index (χ1v) is 7.33. The number of nitrogens with zero attached hydrogens (tertiary/aromatic N) is 1. The SMILES string of the molecule is COc1cc(C2=Cc3ccccc3CC2)c([N+](=O)[O-])cc1OC. The van der Waals surface area contributed by atoms with Crippen molar-refractivity contribution in [1.29, 1.82) is 0 Å². The van der Waals surface area contributed by atoms with Crippen molar-refractivity contribution in [2.24, 2.45) is 0 Å². The maximum atomic E-state index is 11.5. The minimum atomic E-state index is -0.376. The van der Waals surface area contributed by atoms with Gasteiger partial charge < -0.3 is 9.47 Å². The van der Waals surface area contributed by atoms with Crippen LogP contribution in [0.25, 0.3) is 11.6 Å². The lowest BCUT2D eigenvalue weighted by Gasteiger charge is -2.18. The van der Waals surface area contributed by atoms with Crippen molar-refractivity contribution in [3.8, 4) is 11.5 Å². The van der Waals surface area contributed by atoms with Gasteiger partial charge in [0.15, 0.2) is 11.5 Å². The Morgan fingerprint density at radius 1 is 1.04 bits per heavy atom. The molecule has 0 aromatic heterocycles. The quantitative estimate of drug-likeness (QED) is 0.630. The number of aryl methyl sites for hydroxylation is 1. The molecule has 0 amide bonds. The normalized spacial score (nSPS) is 13.0. The summed E-state index contributed by atoms with van der Waals surface area (Å²) in [7, 11) is 3.00. The molecule has 0 heterocycles. The van der Waals surface area contributed by atoms with Gasteiger partial charge in [0, 0.05) is 0 Å². The molecule has 2 aromatic rings. The zero-order valence-electron chi connectivity index (χ0n) is 13.0. The molecule has 0 spiro atoms. The second-order valence-corrected chi connectivity index (χ2v) is 5.35. The average molecular weight is 311 g/mol. The molecule has 1 aliphatic rings. The van der Waals surface area contributed by atoms with Gasteiger partial charge in [-0.05, 0) is 35.6 Å². The van der Waals surface area contributed by atoms with Gasteiger partial charge in [-0.15, -0.1) is 0 Å². The number of allylic oxidation sites excluding steroid dienone is 1. The van der Waals surface area contributed by atoms with Gasteiger partial charge in [-0.1, -0.05) is 30.3 Å². The van der Waals surface area contributed by atoms with E-state index in [9.17, 15) is 10.1 Å². The van der Waals surface area contributed by atoms with Crippen LogP contribution in [0.3, 0.4) is 0 Å². The minimum absolute atomic E-state index is 0.0354. The fourth-order valence-electron chi connectivity index (χ4n) is 2.92. The maximum absolute atomic E-state index is 11.5. The highest BCUT2D eigenvalue weighted by Crippen LogP contribution is 2.41. The highest BCUT2D eigenvalue weighted by atomic mass is 16.6. The lowest BCUT2D eigenvalue weighted by molar-refractivity contribution is -0.385. The van der Waals surface area contributed by atoms with Crippen LogP contribution < -0.4 is 9.47 Å². The summed E-state index contributed by atoms with van der Waals surface area (Å²) in [6.45, 7) is 0. The Morgan fingerprint density at radius 3 is 2.43 bits per heavy atom. The van der Waals surface area contributed by atoms with Crippen LogP contribution in [0.2, 0.25) is 0 Å². The summed E-state index contributed by atoms with van der Waals surface area (Å²) in [5.74, 6) is 0.854. The molecule has 0 atom stereocenters. The lowest BCUT2D eigenvalue weighted by Crippen LogP contribution is -2.03. The Balaban J connectivity index is 2.16. The molecule has 3 rings (SSSR count). The summed E-state index contributed by atoms with van der Waals surface area (Å²) in [4.78, 5) is 11.1. The molecule has 0 saturated carbocycles. The molecule has 0 unspecified atom stereocenters. The van der Waals surface area contributed by atoms with Crippen molar-refractivity contribution in [1.82, 2.24) is 0 Å². The molecule has 1 aliphatic carbocycles. The molecule has 2 aromatic carbocycles. The third-order valence-electron chi connectivity index (χ3n) is 4.09. The number of hydrogen-bond acceptors (Lipinski definition) is 4. The van der Waals surface area contributed by atoms with Gasteiger partial charge in [-0.2, -0.15) is 0 Å². The molecule has 0 bridgehead atoms. The smallest absolute Gasteiger partial charge is 0.280 e. The Bertz CT molecular complexity index is 796. The van der Waals surface area contributed by atoms with E-state index in [4.69, 9.17) is 9.47 Å². The van der Waals surface area contributed by atoms with Crippen LogP contribution >= 0.6 is 0 Å². The summed E-state index contributed by atoms with van der Waals surface area (Å²) in [5, 5.41) is 11.5. The summed E-state index contributed by atoms with van der Waals surface area (Å²) >= 11 is 0. The molecule has 23 heavy (non-hydrogen) atoms. The summed E-state index contributed by atoms with van der Waals surface area (Å²) in [5.41, 5.74) is 3.93. The van der Waals surface area contributed by atoms with Crippen molar-refractivity contribution < 1.29 is 14.4 Å². The minimum Gasteiger partial charge on any atom is -0.493 e. The number of fused-ring (bicyclic) bond motifs is 1. The van der Waals surface area contributed by atoms with Crippen LogP contribution in [-0.4, -0.2) is 19.1 Å². The van der Waals surface area contributed by atoms with Crippen molar-refractivity contribution in [3.05, 3.63) is 63.2 Å². The van der Waals surface area contributed by atoms with Crippen LogP contribution in [0.15, 0.2) is 36.4 Å². The van der Waals surface area contributed by atoms with E-state index in [2.05, 4.69) is 6.07 Å². The van der Waals surface area contributed by atoms with Gasteiger partial charge in [-0.3, -0.25) is 10.1 Å². The van der Waals surface area contributed by atoms with E-state index in [1.165, 1.54) is 25.8 Å². The fraction of sp³-hybridized carbons (Fsp3) is 0.222. The van der Waals surface area contributed by atoms with Crippen LogP contribution in [0.5, 0.6) is 11.5 Å². The van der Waals surface area contributed by atoms with E-state index < -0.39 is 0 Å². The molecular formula is C18H17NO4. The predicted octanol–water partition coefficient (Wildman–Crippen LogP) is 4.10. The molecular weight excluding hydrogens is 294 g/mol.